The third-order valence-electron chi connectivity index (χ3n) is 2.69. The molecule has 1 aromatic rings. The molecular formula is C11H14FN3OS. The minimum atomic E-state index is -0.552. The number of anilines is 1. The highest BCUT2D eigenvalue weighted by molar-refractivity contribution is 7.99. The number of halogens is 1. The van der Waals surface area contributed by atoms with Crippen LogP contribution >= 0.6 is 11.8 Å². The normalized spacial score (nSPS) is 16.8. The summed E-state index contributed by atoms with van der Waals surface area (Å²) >= 11 is 1.88. The van der Waals surface area contributed by atoms with E-state index in [0.717, 1.165) is 36.6 Å². The van der Waals surface area contributed by atoms with Crippen molar-refractivity contribution in [1.29, 1.82) is 0 Å². The Balaban J connectivity index is 2.05. The molecule has 0 spiro atoms. The number of nitrogens with zero attached hydrogens (tertiary/aromatic N) is 1. The number of nitrogens with two attached hydrogens (primary N) is 1. The highest BCUT2D eigenvalue weighted by atomic mass is 32.2. The molecule has 3 N–H and O–H groups in total. The Bertz CT molecular complexity index is 421. The van der Waals surface area contributed by atoms with Crippen molar-refractivity contribution in [3.63, 3.8) is 0 Å². The Hall–Kier alpha value is -1.30. The smallest absolute Gasteiger partial charge is 0.255 e. The van der Waals surface area contributed by atoms with Crippen LogP contribution in [0.1, 0.15) is 23.2 Å². The molecule has 0 aliphatic carbocycles. The Morgan fingerprint density at radius 3 is 2.94 bits per heavy atom. The first-order chi connectivity index (χ1) is 8.16. The number of aromatic nitrogens is 1. The van der Waals surface area contributed by atoms with Crippen molar-refractivity contribution in [3.05, 3.63) is 23.6 Å². The molecule has 0 atom stereocenters. The average Bonchev–Trinajstić information content (AvgIpc) is 2.33. The molecule has 0 bridgehead atoms. The van der Waals surface area contributed by atoms with E-state index in [4.69, 9.17) is 5.73 Å². The van der Waals surface area contributed by atoms with Crippen LogP contribution in [0.4, 0.5) is 10.2 Å². The lowest BCUT2D eigenvalue weighted by Crippen LogP contribution is -2.37. The van der Waals surface area contributed by atoms with Crippen LogP contribution in [0.3, 0.4) is 0 Å². The zero-order valence-corrected chi connectivity index (χ0v) is 10.1. The molecule has 0 saturated carbocycles. The molecule has 2 heterocycles. The van der Waals surface area contributed by atoms with Crippen LogP contribution in [-0.4, -0.2) is 28.4 Å². The largest absolute Gasteiger partial charge is 0.383 e. The van der Waals surface area contributed by atoms with Crippen molar-refractivity contribution in [2.75, 3.05) is 17.2 Å². The number of amides is 1. The second-order valence-electron chi connectivity index (χ2n) is 3.95. The number of carbonyl (C=O) groups is 1. The first-order valence-electron chi connectivity index (χ1n) is 5.46. The molecule has 1 aliphatic heterocycles. The van der Waals surface area contributed by atoms with Crippen LogP contribution in [0.5, 0.6) is 0 Å². The molecule has 0 aromatic carbocycles. The Morgan fingerprint density at radius 2 is 2.24 bits per heavy atom. The van der Waals surface area contributed by atoms with Gasteiger partial charge in [-0.15, -0.1) is 0 Å². The highest BCUT2D eigenvalue weighted by Crippen LogP contribution is 2.18. The van der Waals surface area contributed by atoms with Crippen molar-refractivity contribution in [2.45, 2.75) is 18.9 Å². The summed E-state index contributed by atoms with van der Waals surface area (Å²) in [6.07, 6.45) is 2.89. The Labute approximate surface area is 103 Å². The van der Waals surface area contributed by atoms with Gasteiger partial charge in [-0.2, -0.15) is 11.8 Å². The maximum Gasteiger partial charge on any atom is 0.255 e. The van der Waals surface area contributed by atoms with Crippen molar-refractivity contribution >= 4 is 23.5 Å². The van der Waals surface area contributed by atoms with Crippen molar-refractivity contribution in [1.82, 2.24) is 10.3 Å². The van der Waals surface area contributed by atoms with Crippen molar-refractivity contribution in [2.24, 2.45) is 0 Å². The van der Waals surface area contributed by atoms with Crippen molar-refractivity contribution in [3.8, 4) is 0 Å². The molecule has 92 valence electrons. The monoisotopic (exact) mass is 255 g/mol. The fraction of sp³-hybridized carbons (Fsp3) is 0.455. The van der Waals surface area contributed by atoms with Crippen LogP contribution in [0.25, 0.3) is 0 Å². The molecule has 0 radical (unpaired) electrons. The van der Waals surface area contributed by atoms with Gasteiger partial charge in [0.15, 0.2) is 0 Å². The molecule has 1 aliphatic rings. The number of hydrogen-bond acceptors (Lipinski definition) is 4. The molecule has 0 unspecified atom stereocenters. The maximum absolute atomic E-state index is 13.0. The summed E-state index contributed by atoms with van der Waals surface area (Å²) in [5.74, 6) is 1.26. The van der Waals surface area contributed by atoms with Gasteiger partial charge >= 0.3 is 0 Å². The molecular weight excluding hydrogens is 241 g/mol. The standard InChI is InChI=1S/C11H14FN3OS/c12-7-5-9(10(13)14-6-7)11(16)15-8-1-3-17-4-2-8/h5-6,8H,1-4H2,(H2,13,14)(H,15,16). The van der Waals surface area contributed by atoms with Crippen molar-refractivity contribution < 1.29 is 9.18 Å². The van der Waals surface area contributed by atoms with E-state index in [-0.39, 0.29) is 23.3 Å². The zero-order chi connectivity index (χ0) is 12.3. The predicted octanol–water partition coefficient (Wildman–Crippen LogP) is 1.43. The second-order valence-corrected chi connectivity index (χ2v) is 5.17. The van der Waals surface area contributed by atoms with E-state index in [0.29, 0.717) is 0 Å². The van der Waals surface area contributed by atoms with Gasteiger partial charge in [-0.25, -0.2) is 9.37 Å². The van der Waals surface area contributed by atoms with E-state index in [1.807, 2.05) is 11.8 Å². The quantitative estimate of drug-likeness (QED) is 0.839. The molecule has 1 aromatic heterocycles. The predicted molar refractivity (Wildman–Crippen MR) is 66.4 cm³/mol. The first kappa shape index (κ1) is 12.2. The molecule has 17 heavy (non-hydrogen) atoms. The fourth-order valence-corrected chi connectivity index (χ4v) is 2.84. The van der Waals surface area contributed by atoms with Crippen LogP contribution in [-0.2, 0) is 0 Å². The summed E-state index contributed by atoms with van der Waals surface area (Å²) in [6.45, 7) is 0. The molecule has 1 saturated heterocycles. The van der Waals surface area contributed by atoms with Gasteiger partial charge < -0.3 is 11.1 Å². The molecule has 1 amide bonds. The number of pyridine rings is 1. The number of nitrogens with one attached hydrogen (secondary N) is 1. The Kier molecular flexibility index (Phi) is 3.83. The van der Waals surface area contributed by atoms with Gasteiger partial charge in [-0.3, -0.25) is 4.79 Å². The van der Waals surface area contributed by atoms with E-state index in [2.05, 4.69) is 10.3 Å². The molecule has 4 nitrogen and oxygen atoms in total. The van der Waals surface area contributed by atoms with Gasteiger partial charge in [0.1, 0.15) is 11.6 Å². The average molecular weight is 255 g/mol. The van der Waals surface area contributed by atoms with Crippen LogP contribution in [0.2, 0.25) is 0 Å². The minimum Gasteiger partial charge on any atom is -0.383 e. The molecule has 6 heteroatoms. The summed E-state index contributed by atoms with van der Waals surface area (Å²) in [4.78, 5) is 15.5. The maximum atomic E-state index is 13.0. The fourth-order valence-electron chi connectivity index (χ4n) is 1.74. The summed E-state index contributed by atoms with van der Waals surface area (Å²) < 4.78 is 13.0. The number of rotatable bonds is 2. The SMILES string of the molecule is Nc1ncc(F)cc1C(=O)NC1CCSCC1. The van der Waals surface area contributed by atoms with E-state index in [1.165, 1.54) is 0 Å². The minimum absolute atomic E-state index is 0.0640. The molecule has 2 rings (SSSR count). The summed E-state index contributed by atoms with van der Waals surface area (Å²) in [7, 11) is 0. The van der Waals surface area contributed by atoms with Crippen LogP contribution in [0.15, 0.2) is 12.3 Å². The third-order valence-corrected chi connectivity index (χ3v) is 3.74. The number of thioether (sulfide) groups is 1. The summed E-state index contributed by atoms with van der Waals surface area (Å²) in [5.41, 5.74) is 5.67. The van der Waals surface area contributed by atoms with E-state index in [9.17, 15) is 9.18 Å². The second kappa shape index (κ2) is 5.35. The highest BCUT2D eigenvalue weighted by Gasteiger charge is 2.19. The lowest BCUT2D eigenvalue weighted by Gasteiger charge is -2.22. The topological polar surface area (TPSA) is 68.0 Å². The summed E-state index contributed by atoms with van der Waals surface area (Å²) in [6, 6.07) is 1.28. The zero-order valence-electron chi connectivity index (χ0n) is 9.28. The van der Waals surface area contributed by atoms with Crippen LogP contribution in [0, 0.1) is 5.82 Å². The third kappa shape index (κ3) is 3.09. The van der Waals surface area contributed by atoms with Gasteiger partial charge in [0.25, 0.3) is 5.91 Å². The Morgan fingerprint density at radius 1 is 1.53 bits per heavy atom. The summed E-state index contributed by atoms with van der Waals surface area (Å²) in [5, 5.41) is 2.86. The van der Waals surface area contributed by atoms with Crippen LogP contribution < -0.4 is 11.1 Å². The van der Waals surface area contributed by atoms with Gasteiger partial charge in [0, 0.05) is 6.04 Å². The molecule has 1 fully saturated rings. The van der Waals surface area contributed by atoms with Gasteiger partial charge in [0.05, 0.1) is 11.8 Å². The van der Waals surface area contributed by atoms with Gasteiger partial charge in [0.2, 0.25) is 0 Å². The lowest BCUT2D eigenvalue weighted by atomic mass is 10.1. The van der Waals surface area contributed by atoms with E-state index >= 15 is 0 Å². The number of hydrogen-bond donors (Lipinski definition) is 2. The van der Waals surface area contributed by atoms with Gasteiger partial charge in [-0.1, -0.05) is 0 Å². The number of carbonyl (C=O) groups excluding carboxylic acids is 1. The van der Waals surface area contributed by atoms with Gasteiger partial charge in [-0.05, 0) is 30.4 Å². The van der Waals surface area contributed by atoms with E-state index < -0.39 is 5.82 Å². The first-order valence-corrected chi connectivity index (χ1v) is 6.62. The number of nitrogen functional groups attached to an aromatic ring is 1. The lowest BCUT2D eigenvalue weighted by molar-refractivity contribution is 0.0935. The van der Waals surface area contributed by atoms with E-state index in [1.54, 1.807) is 0 Å².